The number of nitrogens with zero attached hydrogens (tertiary/aromatic N) is 1. The van der Waals surface area contributed by atoms with E-state index in [2.05, 4.69) is 0 Å². The molecule has 0 spiro atoms. The van der Waals surface area contributed by atoms with Gasteiger partial charge in [0.25, 0.3) is 0 Å². The highest BCUT2D eigenvalue weighted by molar-refractivity contribution is 5.67. The number of carboxylic acids is 1. The summed E-state index contributed by atoms with van der Waals surface area (Å²) in [6.45, 7) is 2.72. The van der Waals surface area contributed by atoms with E-state index in [1.165, 1.54) is 0 Å². The van der Waals surface area contributed by atoms with Gasteiger partial charge >= 0.3 is 5.97 Å². The fourth-order valence-corrected chi connectivity index (χ4v) is 1.61. The Balaban J connectivity index is 2.49. The highest BCUT2D eigenvalue weighted by Crippen LogP contribution is 2.11. The first-order chi connectivity index (χ1) is 7.13. The first kappa shape index (κ1) is 11.8. The molecule has 1 atom stereocenters. The van der Waals surface area contributed by atoms with E-state index in [9.17, 15) is 4.79 Å². The van der Waals surface area contributed by atoms with Crippen LogP contribution in [0.4, 0.5) is 0 Å². The van der Waals surface area contributed by atoms with Gasteiger partial charge in [0, 0.05) is 18.2 Å². The van der Waals surface area contributed by atoms with Crippen LogP contribution in [0.5, 0.6) is 0 Å². The van der Waals surface area contributed by atoms with E-state index in [1.54, 1.807) is 12.5 Å². The van der Waals surface area contributed by atoms with Crippen LogP contribution in [0.1, 0.15) is 25.3 Å². The molecule has 0 aliphatic rings. The number of aliphatic carboxylic acids is 1. The minimum absolute atomic E-state index is 0.0809. The first-order valence-corrected chi connectivity index (χ1v) is 5.06. The van der Waals surface area contributed by atoms with Gasteiger partial charge in [-0.25, -0.2) is 0 Å². The molecule has 0 saturated heterocycles. The summed E-state index contributed by atoms with van der Waals surface area (Å²) in [7, 11) is 1.93. The quantitative estimate of drug-likeness (QED) is 0.781. The van der Waals surface area contributed by atoms with E-state index < -0.39 is 5.97 Å². The van der Waals surface area contributed by atoms with E-state index in [4.69, 9.17) is 9.52 Å². The van der Waals surface area contributed by atoms with Crippen molar-refractivity contribution >= 4 is 5.97 Å². The Morgan fingerprint density at radius 2 is 2.40 bits per heavy atom. The minimum Gasteiger partial charge on any atom is -0.481 e. The van der Waals surface area contributed by atoms with Gasteiger partial charge in [-0.2, -0.15) is 0 Å². The molecule has 0 fully saturated rings. The monoisotopic (exact) mass is 211 g/mol. The zero-order chi connectivity index (χ0) is 11.3. The lowest BCUT2D eigenvalue weighted by Crippen LogP contribution is -2.32. The second-order valence-corrected chi connectivity index (χ2v) is 3.71. The predicted molar refractivity (Wildman–Crippen MR) is 56.5 cm³/mol. The van der Waals surface area contributed by atoms with Gasteiger partial charge in [-0.15, -0.1) is 0 Å². The molecule has 84 valence electrons. The molecular formula is C11H17NO3. The van der Waals surface area contributed by atoms with Gasteiger partial charge in [0.2, 0.25) is 0 Å². The summed E-state index contributed by atoms with van der Waals surface area (Å²) in [4.78, 5) is 12.7. The van der Waals surface area contributed by atoms with E-state index >= 15 is 0 Å². The van der Waals surface area contributed by atoms with Crippen molar-refractivity contribution in [3.05, 3.63) is 24.2 Å². The second-order valence-electron chi connectivity index (χ2n) is 3.71. The van der Waals surface area contributed by atoms with Crippen LogP contribution in [0.25, 0.3) is 0 Å². The Labute approximate surface area is 89.5 Å². The van der Waals surface area contributed by atoms with E-state index in [-0.39, 0.29) is 12.5 Å². The Kier molecular flexibility index (Phi) is 4.37. The van der Waals surface area contributed by atoms with Gasteiger partial charge in [0.1, 0.15) is 0 Å². The number of hydrogen-bond acceptors (Lipinski definition) is 3. The van der Waals surface area contributed by atoms with Crippen LogP contribution in [-0.4, -0.2) is 29.1 Å². The lowest BCUT2D eigenvalue weighted by atomic mass is 10.1. The number of furan rings is 1. The van der Waals surface area contributed by atoms with Crippen molar-refractivity contribution in [2.24, 2.45) is 0 Å². The van der Waals surface area contributed by atoms with Crippen molar-refractivity contribution < 1.29 is 14.3 Å². The summed E-state index contributed by atoms with van der Waals surface area (Å²) in [6.07, 6.45) is 4.33. The number of rotatable bonds is 6. The van der Waals surface area contributed by atoms with Crippen LogP contribution in [-0.2, 0) is 11.3 Å². The van der Waals surface area contributed by atoms with Crippen LogP contribution in [0.3, 0.4) is 0 Å². The molecule has 0 bridgehead atoms. The highest BCUT2D eigenvalue weighted by Gasteiger charge is 2.16. The third-order valence-corrected chi connectivity index (χ3v) is 2.52. The SMILES string of the molecule is CCC(CC(=O)O)N(C)Cc1ccoc1. The highest BCUT2D eigenvalue weighted by atomic mass is 16.4. The zero-order valence-corrected chi connectivity index (χ0v) is 9.14. The van der Waals surface area contributed by atoms with E-state index in [1.807, 2.05) is 24.9 Å². The summed E-state index contributed by atoms with van der Waals surface area (Å²) in [5, 5.41) is 8.74. The fraction of sp³-hybridized carbons (Fsp3) is 0.545. The Morgan fingerprint density at radius 3 is 2.87 bits per heavy atom. The second kappa shape index (κ2) is 5.56. The summed E-state index contributed by atoms with van der Waals surface area (Å²) < 4.78 is 4.97. The number of carbonyl (C=O) groups is 1. The summed E-state index contributed by atoms with van der Waals surface area (Å²) in [6, 6.07) is 1.97. The Morgan fingerprint density at radius 1 is 1.67 bits per heavy atom. The predicted octanol–water partition coefficient (Wildman–Crippen LogP) is 1.96. The smallest absolute Gasteiger partial charge is 0.304 e. The zero-order valence-electron chi connectivity index (χ0n) is 9.14. The van der Waals surface area contributed by atoms with Crippen LogP contribution in [0.2, 0.25) is 0 Å². The molecule has 1 N–H and O–H groups in total. The van der Waals surface area contributed by atoms with Gasteiger partial charge in [-0.1, -0.05) is 6.92 Å². The molecule has 4 heteroatoms. The topological polar surface area (TPSA) is 53.7 Å². The summed E-state index contributed by atoms with van der Waals surface area (Å²) in [5.41, 5.74) is 1.07. The maximum absolute atomic E-state index is 10.6. The molecule has 0 aliphatic carbocycles. The van der Waals surface area contributed by atoms with Crippen LogP contribution in [0, 0.1) is 0 Å². The normalized spacial score (nSPS) is 13.0. The minimum atomic E-state index is -0.749. The lowest BCUT2D eigenvalue weighted by molar-refractivity contribution is -0.138. The van der Waals surface area contributed by atoms with Crippen molar-refractivity contribution in [2.45, 2.75) is 32.4 Å². The number of hydrogen-bond donors (Lipinski definition) is 1. The fourth-order valence-electron chi connectivity index (χ4n) is 1.61. The van der Waals surface area contributed by atoms with Crippen molar-refractivity contribution in [3.8, 4) is 0 Å². The van der Waals surface area contributed by atoms with Crippen LogP contribution in [0.15, 0.2) is 23.0 Å². The van der Waals surface area contributed by atoms with Gasteiger partial charge in [-0.05, 0) is 19.5 Å². The van der Waals surface area contributed by atoms with Gasteiger partial charge < -0.3 is 9.52 Å². The first-order valence-electron chi connectivity index (χ1n) is 5.06. The van der Waals surface area contributed by atoms with E-state index in [0.717, 1.165) is 18.5 Å². The van der Waals surface area contributed by atoms with Crippen molar-refractivity contribution in [3.63, 3.8) is 0 Å². The molecule has 0 aliphatic heterocycles. The van der Waals surface area contributed by atoms with Gasteiger partial charge in [0.05, 0.1) is 18.9 Å². The standard InChI is InChI=1S/C11H17NO3/c1-3-10(6-11(13)14)12(2)7-9-4-5-15-8-9/h4-5,8,10H,3,6-7H2,1-2H3,(H,13,14). The average molecular weight is 211 g/mol. The van der Waals surface area contributed by atoms with Crippen molar-refractivity contribution in [1.29, 1.82) is 0 Å². The third kappa shape index (κ3) is 3.75. The van der Waals surface area contributed by atoms with Crippen LogP contribution < -0.4 is 0 Å². The molecule has 15 heavy (non-hydrogen) atoms. The number of carboxylic acid groups (broad SMARTS) is 1. The Bertz CT molecular complexity index is 295. The molecule has 1 aromatic rings. The largest absolute Gasteiger partial charge is 0.481 e. The van der Waals surface area contributed by atoms with Crippen molar-refractivity contribution in [2.75, 3.05) is 7.05 Å². The molecule has 0 aromatic carbocycles. The molecule has 0 saturated carbocycles. The van der Waals surface area contributed by atoms with E-state index in [0.29, 0.717) is 0 Å². The molecule has 1 unspecified atom stereocenters. The molecule has 0 radical (unpaired) electrons. The maximum atomic E-state index is 10.6. The maximum Gasteiger partial charge on any atom is 0.304 e. The molecule has 1 rings (SSSR count). The third-order valence-electron chi connectivity index (χ3n) is 2.52. The summed E-state index contributed by atoms with van der Waals surface area (Å²) >= 11 is 0. The molecule has 4 nitrogen and oxygen atoms in total. The molecule has 1 heterocycles. The molecule has 1 aromatic heterocycles. The average Bonchev–Trinajstić information content (AvgIpc) is 2.66. The lowest BCUT2D eigenvalue weighted by Gasteiger charge is -2.25. The van der Waals surface area contributed by atoms with Crippen molar-refractivity contribution in [1.82, 2.24) is 4.90 Å². The van der Waals surface area contributed by atoms with Gasteiger partial charge in [-0.3, -0.25) is 9.69 Å². The molecular weight excluding hydrogens is 194 g/mol. The van der Waals surface area contributed by atoms with Crippen LogP contribution >= 0.6 is 0 Å². The van der Waals surface area contributed by atoms with Gasteiger partial charge in [0.15, 0.2) is 0 Å². The Hall–Kier alpha value is -1.29. The summed E-state index contributed by atoms with van der Waals surface area (Å²) in [5.74, 6) is -0.749. The molecule has 0 amide bonds.